The van der Waals surface area contributed by atoms with E-state index >= 15 is 0 Å². The number of carbonyl (C=O) groups is 1. The smallest absolute Gasteiger partial charge is 0.248 e. The Hall–Kier alpha value is -3.37. The molecule has 1 N–H and O–H groups in total. The van der Waals surface area contributed by atoms with Crippen LogP contribution < -0.4 is 5.32 Å². The number of benzene rings is 2. The van der Waals surface area contributed by atoms with Crippen LogP contribution in [-0.4, -0.2) is 36.9 Å². The Morgan fingerprint density at radius 3 is 2.58 bits per heavy atom. The standard InChI is InChI=1S/C26H27F2N3O4S/c1-3-18-6-4-5-7-23(18)29-26(32)20-12-14-31(15-13-20)36(33,34)25-17(2)30-35-24(25)11-9-19-8-10-21(27)16-22(19)28/h4-11,16,20H,3,12-15H2,1-2H3,(H,29,32). The molecule has 2 aromatic carbocycles. The summed E-state index contributed by atoms with van der Waals surface area (Å²) in [7, 11) is -3.98. The fourth-order valence-electron chi connectivity index (χ4n) is 4.27. The largest absolute Gasteiger partial charge is 0.355 e. The highest BCUT2D eigenvalue weighted by Crippen LogP contribution is 2.30. The van der Waals surface area contributed by atoms with E-state index in [9.17, 15) is 22.0 Å². The number of piperidine rings is 1. The summed E-state index contributed by atoms with van der Waals surface area (Å²) < 4.78 is 60.5. The molecule has 0 spiro atoms. The van der Waals surface area contributed by atoms with Gasteiger partial charge in [0.1, 0.15) is 17.3 Å². The predicted octanol–water partition coefficient (Wildman–Crippen LogP) is 5.03. The van der Waals surface area contributed by atoms with E-state index in [0.29, 0.717) is 12.8 Å². The molecule has 4 rings (SSSR count). The number of sulfonamides is 1. The summed E-state index contributed by atoms with van der Waals surface area (Å²) in [5, 5.41) is 6.76. The van der Waals surface area contributed by atoms with Crippen LogP contribution in [0, 0.1) is 24.5 Å². The molecule has 2 heterocycles. The molecule has 1 aromatic heterocycles. The van der Waals surface area contributed by atoms with E-state index in [0.717, 1.165) is 29.8 Å². The summed E-state index contributed by atoms with van der Waals surface area (Å²) in [6.45, 7) is 3.85. The minimum absolute atomic E-state index is 0.0488. The molecule has 0 saturated carbocycles. The maximum atomic E-state index is 14.0. The van der Waals surface area contributed by atoms with Gasteiger partial charge in [-0.3, -0.25) is 4.79 Å². The number of hydrogen-bond acceptors (Lipinski definition) is 5. The lowest BCUT2D eigenvalue weighted by molar-refractivity contribution is -0.120. The highest BCUT2D eigenvalue weighted by Gasteiger charge is 2.36. The van der Waals surface area contributed by atoms with E-state index < -0.39 is 21.7 Å². The molecule has 1 fully saturated rings. The lowest BCUT2D eigenvalue weighted by Gasteiger charge is -2.30. The fourth-order valence-corrected chi connectivity index (χ4v) is 5.99. The third-order valence-corrected chi connectivity index (χ3v) is 8.35. The van der Waals surface area contributed by atoms with Gasteiger partial charge in [0.05, 0.1) is 0 Å². The molecule has 1 aliphatic rings. The van der Waals surface area contributed by atoms with Gasteiger partial charge in [-0.2, -0.15) is 4.31 Å². The zero-order valence-electron chi connectivity index (χ0n) is 20.0. The highest BCUT2D eigenvalue weighted by molar-refractivity contribution is 7.89. The van der Waals surface area contributed by atoms with Gasteiger partial charge in [-0.25, -0.2) is 17.2 Å². The number of halogens is 2. The molecule has 1 saturated heterocycles. The van der Waals surface area contributed by atoms with E-state index in [-0.39, 0.29) is 46.8 Å². The zero-order valence-corrected chi connectivity index (χ0v) is 20.8. The number of carbonyl (C=O) groups excluding carboxylic acids is 1. The molecular formula is C26H27F2N3O4S. The maximum Gasteiger partial charge on any atom is 0.248 e. The van der Waals surface area contributed by atoms with Crippen molar-refractivity contribution in [2.24, 2.45) is 5.92 Å². The maximum absolute atomic E-state index is 14.0. The van der Waals surface area contributed by atoms with E-state index in [2.05, 4.69) is 10.5 Å². The SMILES string of the molecule is CCc1ccccc1NC(=O)C1CCN(S(=O)(=O)c2c(C)noc2C=Cc2ccc(F)cc2F)CC1. The molecule has 0 atom stereocenters. The third kappa shape index (κ3) is 5.39. The van der Waals surface area contributed by atoms with E-state index in [1.807, 2.05) is 31.2 Å². The van der Waals surface area contributed by atoms with Gasteiger partial charge in [0.2, 0.25) is 15.9 Å². The van der Waals surface area contributed by atoms with Gasteiger partial charge < -0.3 is 9.84 Å². The predicted molar refractivity (Wildman–Crippen MR) is 132 cm³/mol. The molecule has 1 amide bonds. The second-order valence-corrected chi connectivity index (χ2v) is 10.5. The van der Waals surface area contributed by atoms with Crippen molar-refractivity contribution in [2.75, 3.05) is 18.4 Å². The molecule has 0 bridgehead atoms. The molecule has 0 aliphatic carbocycles. The third-order valence-electron chi connectivity index (χ3n) is 6.29. The number of nitrogens with zero attached hydrogens (tertiary/aromatic N) is 2. The first-order valence-electron chi connectivity index (χ1n) is 11.7. The molecule has 36 heavy (non-hydrogen) atoms. The van der Waals surface area contributed by atoms with Crippen LogP contribution in [0.2, 0.25) is 0 Å². The van der Waals surface area contributed by atoms with Crippen LogP contribution in [0.25, 0.3) is 12.2 Å². The summed E-state index contributed by atoms with van der Waals surface area (Å²) in [5.41, 5.74) is 2.06. The first-order chi connectivity index (χ1) is 17.2. The molecule has 7 nitrogen and oxygen atoms in total. The first-order valence-corrected chi connectivity index (χ1v) is 13.1. The quantitative estimate of drug-likeness (QED) is 0.476. The fraction of sp³-hybridized carbons (Fsp3) is 0.308. The Kier molecular flexibility index (Phi) is 7.65. The average molecular weight is 516 g/mol. The van der Waals surface area contributed by atoms with Crippen molar-refractivity contribution in [1.82, 2.24) is 9.46 Å². The van der Waals surface area contributed by atoms with Gasteiger partial charge in [-0.15, -0.1) is 0 Å². The zero-order chi connectivity index (χ0) is 25.9. The Bertz CT molecular complexity index is 1390. The number of amides is 1. The van der Waals surface area contributed by atoms with Crippen molar-refractivity contribution in [1.29, 1.82) is 0 Å². The van der Waals surface area contributed by atoms with Crippen molar-refractivity contribution in [3.8, 4) is 0 Å². The molecule has 0 unspecified atom stereocenters. The Labute approximate surface area is 208 Å². The molecule has 3 aromatic rings. The highest BCUT2D eigenvalue weighted by atomic mass is 32.2. The van der Waals surface area contributed by atoms with Crippen molar-refractivity contribution < 1.29 is 26.5 Å². The average Bonchev–Trinajstić information content (AvgIpc) is 3.25. The summed E-state index contributed by atoms with van der Waals surface area (Å²) in [4.78, 5) is 12.7. The first kappa shape index (κ1) is 25.7. The summed E-state index contributed by atoms with van der Waals surface area (Å²) in [6.07, 6.45) is 4.13. The monoisotopic (exact) mass is 515 g/mol. The summed E-state index contributed by atoms with van der Waals surface area (Å²) in [6, 6.07) is 10.7. The Balaban J connectivity index is 1.46. The second kappa shape index (κ2) is 10.7. The molecule has 0 radical (unpaired) electrons. The van der Waals surface area contributed by atoms with Gasteiger partial charge >= 0.3 is 0 Å². The molecular weight excluding hydrogens is 488 g/mol. The Morgan fingerprint density at radius 1 is 1.17 bits per heavy atom. The number of aryl methyl sites for hydroxylation is 2. The van der Waals surface area contributed by atoms with Crippen LogP contribution in [-0.2, 0) is 21.2 Å². The van der Waals surface area contributed by atoms with Crippen LogP contribution in [0.4, 0.5) is 14.5 Å². The van der Waals surface area contributed by atoms with E-state index in [4.69, 9.17) is 4.52 Å². The number of anilines is 1. The van der Waals surface area contributed by atoms with Crippen LogP contribution in [0.15, 0.2) is 51.9 Å². The number of rotatable bonds is 7. The second-order valence-electron chi connectivity index (χ2n) is 8.64. The van der Waals surface area contributed by atoms with Gasteiger partial charge in [-0.1, -0.05) is 30.3 Å². The lowest BCUT2D eigenvalue weighted by Crippen LogP contribution is -2.41. The molecule has 190 valence electrons. The normalized spacial score (nSPS) is 15.4. The lowest BCUT2D eigenvalue weighted by atomic mass is 9.97. The van der Waals surface area contributed by atoms with Crippen molar-refractivity contribution >= 4 is 33.8 Å². The minimum Gasteiger partial charge on any atom is -0.355 e. The van der Waals surface area contributed by atoms with Crippen LogP contribution in [0.3, 0.4) is 0 Å². The van der Waals surface area contributed by atoms with Gasteiger partial charge in [0.25, 0.3) is 0 Å². The van der Waals surface area contributed by atoms with E-state index in [1.165, 1.54) is 29.4 Å². The van der Waals surface area contributed by atoms with Crippen molar-refractivity contribution in [2.45, 2.75) is 38.0 Å². The van der Waals surface area contributed by atoms with Crippen molar-refractivity contribution in [3.63, 3.8) is 0 Å². The number of para-hydroxylation sites is 1. The number of aromatic nitrogens is 1. The van der Waals surface area contributed by atoms with Crippen LogP contribution in [0.5, 0.6) is 0 Å². The van der Waals surface area contributed by atoms with E-state index in [1.54, 1.807) is 0 Å². The van der Waals surface area contributed by atoms with Crippen molar-refractivity contribution in [3.05, 3.63) is 76.7 Å². The van der Waals surface area contributed by atoms with Gasteiger partial charge in [0, 0.05) is 36.3 Å². The molecule has 10 heteroatoms. The number of nitrogens with one attached hydrogen (secondary N) is 1. The Morgan fingerprint density at radius 2 is 1.89 bits per heavy atom. The van der Waals surface area contributed by atoms with Gasteiger partial charge in [-0.05, 0) is 62.1 Å². The molecule has 1 aliphatic heterocycles. The number of hydrogen-bond donors (Lipinski definition) is 1. The van der Waals surface area contributed by atoms with Crippen LogP contribution in [0.1, 0.15) is 42.3 Å². The summed E-state index contributed by atoms with van der Waals surface area (Å²) >= 11 is 0. The van der Waals surface area contributed by atoms with Crippen LogP contribution >= 0.6 is 0 Å². The topological polar surface area (TPSA) is 92.5 Å². The summed E-state index contributed by atoms with van der Waals surface area (Å²) in [5.74, 6) is -1.99. The minimum atomic E-state index is -3.98. The van der Waals surface area contributed by atoms with Gasteiger partial charge in [0.15, 0.2) is 10.7 Å².